The van der Waals surface area contributed by atoms with Gasteiger partial charge in [-0.05, 0) is 24.7 Å². The minimum Gasteiger partial charge on any atom is -0.457 e. The highest BCUT2D eigenvalue weighted by atomic mass is 16.6. The van der Waals surface area contributed by atoms with Crippen LogP contribution in [-0.2, 0) is 19.1 Å². The first-order valence-electron chi connectivity index (χ1n) is 8.92. The van der Waals surface area contributed by atoms with E-state index in [0.717, 1.165) is 51.4 Å². The fourth-order valence-corrected chi connectivity index (χ4v) is 2.30. The number of ether oxygens (including phenoxy) is 2. The molecule has 0 saturated carbocycles. The van der Waals surface area contributed by atoms with Gasteiger partial charge in [0.05, 0.1) is 13.2 Å². The van der Waals surface area contributed by atoms with E-state index in [1.807, 2.05) is 0 Å². The Morgan fingerprint density at radius 3 is 1.36 bits per heavy atom. The van der Waals surface area contributed by atoms with Crippen molar-refractivity contribution in [1.29, 1.82) is 0 Å². The molecule has 0 bridgehead atoms. The molecule has 0 rings (SSSR count). The smallest absolute Gasteiger partial charge is 0.417 e. The molecule has 130 valence electrons. The summed E-state index contributed by atoms with van der Waals surface area (Å²) in [5, 5.41) is 0. The topological polar surface area (TPSA) is 52.6 Å². The van der Waals surface area contributed by atoms with Gasteiger partial charge in [-0.1, -0.05) is 66.2 Å². The van der Waals surface area contributed by atoms with E-state index in [-0.39, 0.29) is 0 Å². The lowest BCUT2D eigenvalue weighted by Gasteiger charge is -2.16. The predicted octanol–water partition coefficient (Wildman–Crippen LogP) is 4.51. The van der Waals surface area contributed by atoms with Crippen molar-refractivity contribution in [3.63, 3.8) is 0 Å². The van der Waals surface area contributed by atoms with E-state index in [2.05, 4.69) is 27.7 Å². The maximum Gasteiger partial charge on any atom is 0.417 e. The third kappa shape index (κ3) is 9.80. The minimum absolute atomic E-state index is 0.317. The van der Waals surface area contributed by atoms with E-state index in [4.69, 9.17) is 9.47 Å². The zero-order valence-corrected chi connectivity index (χ0v) is 14.9. The molecule has 0 heterocycles. The Bertz CT molecular complexity index is 271. The van der Waals surface area contributed by atoms with Gasteiger partial charge in [-0.15, -0.1) is 0 Å². The van der Waals surface area contributed by atoms with Crippen LogP contribution in [0.4, 0.5) is 0 Å². The number of carbonyl (C=O) groups is 2. The Morgan fingerprint density at radius 2 is 1.09 bits per heavy atom. The molecule has 0 N–H and O–H groups in total. The van der Waals surface area contributed by atoms with Crippen molar-refractivity contribution in [1.82, 2.24) is 0 Å². The molecule has 0 aromatic carbocycles. The van der Waals surface area contributed by atoms with E-state index in [1.54, 1.807) is 0 Å². The van der Waals surface area contributed by atoms with Crippen LogP contribution in [0.5, 0.6) is 0 Å². The summed E-state index contributed by atoms with van der Waals surface area (Å²) in [5.41, 5.74) is 0. The predicted molar refractivity (Wildman–Crippen MR) is 88.5 cm³/mol. The summed E-state index contributed by atoms with van der Waals surface area (Å²) < 4.78 is 10.2. The number of unbranched alkanes of at least 4 members (excludes halogenated alkanes) is 2. The highest BCUT2D eigenvalue weighted by molar-refractivity contribution is 6.29. The molecule has 4 nitrogen and oxygen atoms in total. The molecule has 0 fully saturated rings. The Kier molecular flexibility index (Phi) is 12.9. The van der Waals surface area contributed by atoms with Crippen LogP contribution < -0.4 is 0 Å². The number of rotatable bonds is 12. The van der Waals surface area contributed by atoms with E-state index in [1.165, 1.54) is 0 Å². The molecular weight excluding hydrogens is 280 g/mol. The normalized spacial score (nSPS) is 13.5. The molecule has 0 aliphatic rings. The lowest BCUT2D eigenvalue weighted by Crippen LogP contribution is -2.25. The van der Waals surface area contributed by atoms with Gasteiger partial charge in [0.15, 0.2) is 0 Å². The maximum absolute atomic E-state index is 11.7. The average molecular weight is 314 g/mol. The summed E-state index contributed by atoms with van der Waals surface area (Å²) >= 11 is 0. The third-order valence-corrected chi connectivity index (χ3v) is 4.15. The highest BCUT2D eigenvalue weighted by Gasteiger charge is 2.20. The van der Waals surface area contributed by atoms with Crippen LogP contribution in [0.15, 0.2) is 0 Å². The van der Waals surface area contributed by atoms with Gasteiger partial charge < -0.3 is 9.47 Å². The largest absolute Gasteiger partial charge is 0.457 e. The van der Waals surface area contributed by atoms with Crippen molar-refractivity contribution in [3.05, 3.63) is 0 Å². The molecule has 0 amide bonds. The summed E-state index contributed by atoms with van der Waals surface area (Å²) in [6, 6.07) is 0. The van der Waals surface area contributed by atoms with Crippen molar-refractivity contribution in [2.75, 3.05) is 13.2 Å². The van der Waals surface area contributed by atoms with Crippen LogP contribution in [0.3, 0.4) is 0 Å². The molecule has 4 heteroatoms. The number of esters is 2. The first-order chi connectivity index (χ1) is 10.6. The summed E-state index contributed by atoms with van der Waals surface area (Å²) in [4.78, 5) is 23.3. The van der Waals surface area contributed by atoms with E-state index in [9.17, 15) is 9.59 Å². The molecule has 22 heavy (non-hydrogen) atoms. The zero-order chi connectivity index (χ0) is 16.8. The standard InChI is InChI=1S/C18H34O4/c1-5-9-11-15(7-3)13-21-17(19)18(20)22-14-16(8-4)12-10-6-2/h15-16H,5-14H2,1-4H3. The van der Waals surface area contributed by atoms with Gasteiger partial charge in [0.1, 0.15) is 0 Å². The van der Waals surface area contributed by atoms with Gasteiger partial charge in [-0.2, -0.15) is 0 Å². The SMILES string of the molecule is CCCCC(CC)COC(=O)C(=O)OCC(CC)CCCC. The van der Waals surface area contributed by atoms with Crippen LogP contribution in [0.2, 0.25) is 0 Å². The van der Waals surface area contributed by atoms with E-state index in [0.29, 0.717) is 25.0 Å². The van der Waals surface area contributed by atoms with Crippen LogP contribution in [0.25, 0.3) is 0 Å². The van der Waals surface area contributed by atoms with Gasteiger partial charge in [0, 0.05) is 0 Å². The summed E-state index contributed by atoms with van der Waals surface area (Å²) in [5.74, 6) is -1.02. The highest BCUT2D eigenvalue weighted by Crippen LogP contribution is 2.14. The summed E-state index contributed by atoms with van der Waals surface area (Å²) in [6.45, 7) is 9.06. The molecule has 0 spiro atoms. The second kappa shape index (κ2) is 13.6. The quantitative estimate of drug-likeness (QED) is 0.393. The summed E-state index contributed by atoms with van der Waals surface area (Å²) in [6.07, 6.45) is 8.47. The van der Waals surface area contributed by atoms with Crippen LogP contribution in [-0.4, -0.2) is 25.2 Å². The number of hydrogen-bond acceptors (Lipinski definition) is 4. The lowest BCUT2D eigenvalue weighted by molar-refractivity contribution is -0.169. The Balaban J connectivity index is 4.02. The molecule has 0 aliphatic heterocycles. The number of carbonyl (C=O) groups excluding carboxylic acids is 2. The van der Waals surface area contributed by atoms with Gasteiger partial charge in [-0.3, -0.25) is 0 Å². The lowest BCUT2D eigenvalue weighted by atomic mass is 10.0. The fraction of sp³-hybridized carbons (Fsp3) is 0.889. The van der Waals surface area contributed by atoms with E-state index < -0.39 is 11.9 Å². The minimum atomic E-state index is -0.847. The van der Waals surface area contributed by atoms with Crippen LogP contribution in [0, 0.1) is 11.8 Å². The molecule has 2 unspecified atom stereocenters. The van der Waals surface area contributed by atoms with Crippen LogP contribution >= 0.6 is 0 Å². The monoisotopic (exact) mass is 314 g/mol. The molecule has 0 radical (unpaired) electrons. The van der Waals surface area contributed by atoms with Crippen LogP contribution in [0.1, 0.15) is 79.1 Å². The molecule has 0 saturated heterocycles. The second-order valence-electron chi connectivity index (χ2n) is 6.03. The molecule has 2 atom stereocenters. The van der Waals surface area contributed by atoms with Crippen molar-refractivity contribution in [2.24, 2.45) is 11.8 Å². The third-order valence-electron chi connectivity index (χ3n) is 4.15. The van der Waals surface area contributed by atoms with Crippen molar-refractivity contribution < 1.29 is 19.1 Å². The second-order valence-corrected chi connectivity index (χ2v) is 6.03. The molecular formula is C18H34O4. The van der Waals surface area contributed by atoms with Gasteiger partial charge in [-0.25, -0.2) is 9.59 Å². The number of hydrogen-bond donors (Lipinski definition) is 0. The van der Waals surface area contributed by atoms with Crippen molar-refractivity contribution in [3.8, 4) is 0 Å². The zero-order valence-electron chi connectivity index (χ0n) is 14.9. The van der Waals surface area contributed by atoms with Gasteiger partial charge in [0.2, 0.25) is 0 Å². The fourth-order valence-electron chi connectivity index (χ4n) is 2.30. The van der Waals surface area contributed by atoms with Gasteiger partial charge in [0.25, 0.3) is 0 Å². The first kappa shape index (κ1) is 20.9. The molecule has 0 aromatic heterocycles. The van der Waals surface area contributed by atoms with Gasteiger partial charge >= 0.3 is 11.9 Å². The Morgan fingerprint density at radius 1 is 0.727 bits per heavy atom. The first-order valence-corrected chi connectivity index (χ1v) is 8.92. The van der Waals surface area contributed by atoms with E-state index >= 15 is 0 Å². The molecule has 0 aromatic rings. The Hall–Kier alpha value is -1.06. The molecule has 0 aliphatic carbocycles. The maximum atomic E-state index is 11.7. The summed E-state index contributed by atoms with van der Waals surface area (Å²) in [7, 11) is 0. The Labute approximate surface area is 135 Å². The van der Waals surface area contributed by atoms with Crippen molar-refractivity contribution in [2.45, 2.75) is 79.1 Å². The van der Waals surface area contributed by atoms with Crippen molar-refractivity contribution >= 4 is 11.9 Å². The average Bonchev–Trinajstić information content (AvgIpc) is 2.54.